The van der Waals surface area contributed by atoms with Crippen molar-refractivity contribution in [3.8, 4) is 0 Å². The summed E-state index contributed by atoms with van der Waals surface area (Å²) in [6, 6.07) is 0.855. The zero-order valence-electron chi connectivity index (χ0n) is 13.2. The molecular formula is C15H16ClFN4O4. The molecule has 3 heterocycles. The van der Waals surface area contributed by atoms with Gasteiger partial charge in [0.25, 0.3) is 0 Å². The van der Waals surface area contributed by atoms with Gasteiger partial charge in [-0.3, -0.25) is 4.79 Å². The van der Waals surface area contributed by atoms with Crippen LogP contribution in [0.5, 0.6) is 0 Å². The topological polar surface area (TPSA) is 110 Å². The van der Waals surface area contributed by atoms with Crippen molar-refractivity contribution in [1.82, 2.24) is 14.5 Å². The molecule has 3 N–H and O–H groups in total. The number of aromatic nitrogens is 3. The Bertz CT molecular complexity index is 861. The van der Waals surface area contributed by atoms with Crippen molar-refractivity contribution in [2.45, 2.75) is 37.4 Å². The number of anilines is 1. The van der Waals surface area contributed by atoms with E-state index in [1.54, 1.807) is 19.2 Å². The maximum Gasteiger partial charge on any atom is 0.238 e. The lowest BCUT2D eigenvalue weighted by Crippen LogP contribution is -2.31. The summed E-state index contributed by atoms with van der Waals surface area (Å²) in [6.07, 6.45) is -0.198. The number of alkyl halides is 1. The molecule has 134 valence electrons. The van der Waals surface area contributed by atoms with Crippen molar-refractivity contribution in [3.63, 3.8) is 0 Å². The van der Waals surface area contributed by atoms with Crippen LogP contribution < -0.4 is 5.32 Å². The Balaban J connectivity index is 1.73. The largest absolute Gasteiger partial charge is 0.394 e. The SMILES string of the molecule is CCC(=O)Nc1nc(Cl)nc2c1ccn2[C@H]1C2C(O)[C@@H](CO)OC21F. The number of carbonyl (C=O) groups excluding carboxylic acids is 1. The lowest BCUT2D eigenvalue weighted by Gasteiger charge is -2.19. The van der Waals surface area contributed by atoms with Crippen LogP contribution in [0.1, 0.15) is 19.4 Å². The molecule has 1 saturated carbocycles. The summed E-state index contributed by atoms with van der Waals surface area (Å²) in [5.41, 5.74) is 0.333. The lowest BCUT2D eigenvalue weighted by molar-refractivity contribution is -0.120. The molecule has 2 aromatic heterocycles. The first-order chi connectivity index (χ1) is 11.9. The molecule has 8 nitrogen and oxygen atoms in total. The normalized spacial score (nSPS) is 33.5. The predicted octanol–water partition coefficient (Wildman–Crippen LogP) is 1.02. The quantitative estimate of drug-likeness (QED) is 0.693. The van der Waals surface area contributed by atoms with Gasteiger partial charge in [-0.2, -0.15) is 9.97 Å². The number of rotatable bonds is 4. The molecule has 2 aromatic rings. The fourth-order valence-corrected chi connectivity index (χ4v) is 3.66. The van der Waals surface area contributed by atoms with E-state index in [1.165, 1.54) is 4.57 Å². The monoisotopic (exact) mass is 370 g/mol. The molecule has 1 saturated heterocycles. The number of aliphatic hydroxyl groups excluding tert-OH is 2. The minimum atomic E-state index is -2.07. The molecular weight excluding hydrogens is 355 g/mol. The highest BCUT2D eigenvalue weighted by Gasteiger charge is 2.78. The van der Waals surface area contributed by atoms with Crippen molar-refractivity contribution in [1.29, 1.82) is 0 Å². The maximum atomic E-state index is 14.9. The van der Waals surface area contributed by atoms with Crippen LogP contribution in [0.25, 0.3) is 11.0 Å². The summed E-state index contributed by atoms with van der Waals surface area (Å²) >= 11 is 5.94. The number of hydrogen-bond acceptors (Lipinski definition) is 6. The van der Waals surface area contributed by atoms with Crippen LogP contribution in [0, 0.1) is 5.92 Å². The Labute approximate surface area is 146 Å². The van der Waals surface area contributed by atoms with Crippen LogP contribution in [0.4, 0.5) is 10.2 Å². The van der Waals surface area contributed by atoms with Gasteiger partial charge in [-0.1, -0.05) is 6.92 Å². The third-order valence-corrected chi connectivity index (χ3v) is 4.94. The van der Waals surface area contributed by atoms with Gasteiger partial charge >= 0.3 is 0 Å². The number of nitrogens with one attached hydrogen (secondary N) is 1. The smallest absolute Gasteiger partial charge is 0.238 e. The first kappa shape index (κ1) is 16.6. The number of halogens is 2. The van der Waals surface area contributed by atoms with Crippen molar-refractivity contribution in [2.75, 3.05) is 11.9 Å². The van der Waals surface area contributed by atoms with Crippen LogP contribution in [-0.4, -0.2) is 55.3 Å². The fraction of sp³-hybridized carbons (Fsp3) is 0.533. The molecule has 0 aromatic carbocycles. The third kappa shape index (κ3) is 2.34. The van der Waals surface area contributed by atoms with E-state index in [2.05, 4.69) is 15.3 Å². The second kappa shape index (κ2) is 5.60. The van der Waals surface area contributed by atoms with E-state index in [0.717, 1.165) is 0 Å². The number of ether oxygens (including phenoxy) is 1. The van der Waals surface area contributed by atoms with E-state index < -0.39 is 36.6 Å². The van der Waals surface area contributed by atoms with Crippen LogP contribution >= 0.6 is 11.6 Å². The van der Waals surface area contributed by atoms with Crippen LogP contribution in [0.15, 0.2) is 12.3 Å². The summed E-state index contributed by atoms with van der Waals surface area (Å²) < 4.78 is 21.6. The van der Waals surface area contributed by atoms with Crippen molar-refractivity contribution < 1.29 is 24.1 Å². The summed E-state index contributed by atoms with van der Waals surface area (Å²) in [6.45, 7) is 1.25. The van der Waals surface area contributed by atoms with Gasteiger partial charge in [0.15, 0.2) is 0 Å². The summed E-state index contributed by atoms with van der Waals surface area (Å²) in [5.74, 6) is -2.86. The Morgan fingerprint density at radius 2 is 2.32 bits per heavy atom. The molecule has 0 spiro atoms. The molecule has 1 aliphatic heterocycles. The number of aliphatic hydroxyl groups is 2. The second-order valence-electron chi connectivity index (χ2n) is 6.20. The Morgan fingerprint density at radius 3 is 2.92 bits per heavy atom. The van der Waals surface area contributed by atoms with Crippen molar-refractivity contribution in [2.24, 2.45) is 5.92 Å². The van der Waals surface area contributed by atoms with Gasteiger partial charge in [-0.15, -0.1) is 0 Å². The van der Waals surface area contributed by atoms with E-state index >= 15 is 0 Å². The second-order valence-corrected chi connectivity index (χ2v) is 6.54. The third-order valence-electron chi connectivity index (χ3n) is 4.77. The Hall–Kier alpha value is -1.81. The highest BCUT2D eigenvalue weighted by molar-refractivity contribution is 6.28. The van der Waals surface area contributed by atoms with Gasteiger partial charge in [-0.25, -0.2) is 4.39 Å². The van der Waals surface area contributed by atoms with Crippen LogP contribution in [-0.2, 0) is 9.53 Å². The van der Waals surface area contributed by atoms with E-state index in [0.29, 0.717) is 11.0 Å². The van der Waals surface area contributed by atoms with Gasteiger partial charge in [0.1, 0.15) is 23.6 Å². The molecule has 3 unspecified atom stereocenters. The predicted molar refractivity (Wildman–Crippen MR) is 85.8 cm³/mol. The molecule has 1 amide bonds. The van der Waals surface area contributed by atoms with Crippen LogP contribution in [0.3, 0.4) is 0 Å². The zero-order chi connectivity index (χ0) is 17.9. The maximum absolute atomic E-state index is 14.9. The Morgan fingerprint density at radius 1 is 1.56 bits per heavy atom. The average molecular weight is 371 g/mol. The first-order valence-corrected chi connectivity index (χ1v) is 8.28. The average Bonchev–Trinajstić information content (AvgIpc) is 2.86. The van der Waals surface area contributed by atoms with Crippen molar-refractivity contribution >= 4 is 34.4 Å². The minimum Gasteiger partial charge on any atom is -0.394 e. The summed E-state index contributed by atoms with van der Waals surface area (Å²) in [4.78, 5) is 19.8. The molecule has 25 heavy (non-hydrogen) atoms. The zero-order valence-corrected chi connectivity index (χ0v) is 13.9. The molecule has 4 rings (SSSR count). The summed E-state index contributed by atoms with van der Waals surface area (Å²) in [5, 5.41) is 22.3. The minimum absolute atomic E-state index is 0.0905. The van der Waals surface area contributed by atoms with Gasteiger partial charge in [0.2, 0.25) is 17.0 Å². The standard InChI is InChI=1S/C15H16ClFN4O4/c1-2-8(23)18-12-6-3-4-21(13(6)20-14(16)19-12)11-9-10(24)7(5-22)25-15(9,11)17/h3-4,7,9-11,22,24H,2,5H2,1H3,(H,18,19,20,23)/t7-,9?,10?,11+,15?/m1/s1. The van der Waals surface area contributed by atoms with E-state index in [-0.39, 0.29) is 23.4 Å². The number of hydrogen-bond donors (Lipinski definition) is 3. The Kier molecular flexibility index (Phi) is 3.73. The van der Waals surface area contributed by atoms with Crippen molar-refractivity contribution in [3.05, 3.63) is 17.5 Å². The molecule has 1 aliphatic carbocycles. The van der Waals surface area contributed by atoms with Gasteiger partial charge in [0.05, 0.1) is 24.0 Å². The van der Waals surface area contributed by atoms with Gasteiger partial charge in [0, 0.05) is 12.6 Å². The van der Waals surface area contributed by atoms with Gasteiger partial charge in [-0.05, 0) is 17.7 Å². The highest BCUT2D eigenvalue weighted by Crippen LogP contribution is 2.65. The van der Waals surface area contributed by atoms with Crippen LogP contribution in [0.2, 0.25) is 5.28 Å². The van der Waals surface area contributed by atoms with E-state index in [4.69, 9.17) is 21.4 Å². The highest BCUT2D eigenvalue weighted by atomic mass is 35.5. The molecule has 2 fully saturated rings. The van der Waals surface area contributed by atoms with E-state index in [1.807, 2.05) is 0 Å². The molecule has 5 atom stereocenters. The van der Waals surface area contributed by atoms with E-state index in [9.17, 15) is 14.3 Å². The molecule has 2 aliphatic rings. The lowest BCUT2D eigenvalue weighted by atomic mass is 10.1. The molecule has 0 radical (unpaired) electrons. The molecule has 0 bridgehead atoms. The first-order valence-electron chi connectivity index (χ1n) is 7.90. The molecule has 10 heteroatoms. The van der Waals surface area contributed by atoms with Gasteiger partial charge < -0.3 is 24.8 Å². The number of amides is 1. The number of nitrogens with zero attached hydrogens (tertiary/aromatic N) is 3. The fourth-order valence-electron chi connectivity index (χ4n) is 3.50. The summed E-state index contributed by atoms with van der Waals surface area (Å²) in [7, 11) is 0. The number of fused-ring (bicyclic) bond motifs is 2. The number of carbonyl (C=O) groups is 1.